The van der Waals surface area contributed by atoms with Crippen LogP contribution in [0.15, 0.2) is 0 Å². The van der Waals surface area contributed by atoms with Crippen LogP contribution in [0.3, 0.4) is 0 Å². The molecule has 0 unspecified atom stereocenters. The Morgan fingerprint density at radius 1 is 2.00 bits per heavy atom. The molecule has 0 aliphatic heterocycles. The lowest BCUT2D eigenvalue weighted by atomic mass is 10.9. The Bertz CT molecular complexity index is 55.1. The summed E-state index contributed by atoms with van der Waals surface area (Å²) in [5.41, 5.74) is 2.37. The van der Waals surface area contributed by atoms with Gasteiger partial charge in [-0.2, -0.15) is 0 Å². The molecular weight excluding hydrogens is 92.1 g/mol. The molecule has 0 saturated carbocycles. The largest absolute Gasteiger partial charge is 0.405 e. The van der Waals surface area contributed by atoms with Gasteiger partial charge in [0.25, 0.3) is 0 Å². The predicted octanol–water partition coefficient (Wildman–Crippen LogP) is 0.233. The number of hydrogen-bond acceptors (Lipinski definition) is 1. The van der Waals surface area contributed by atoms with Gasteiger partial charge in [0.05, 0.1) is 0 Å². The molecule has 2 heteroatoms. The highest BCUT2D eigenvalue weighted by Gasteiger charge is 1.73. The molecule has 0 spiro atoms. The highest BCUT2D eigenvalue weighted by atomic mass is 28.2. The zero-order valence-corrected chi connectivity index (χ0v) is 4.69. The van der Waals surface area contributed by atoms with Crippen LogP contribution in [0.4, 0.5) is 0 Å². The molecule has 0 aliphatic carbocycles. The Morgan fingerprint density at radius 2 is 2.67 bits per heavy atom. The van der Waals surface area contributed by atoms with Crippen LogP contribution < -0.4 is 0 Å². The van der Waals surface area contributed by atoms with Gasteiger partial charge in [-0.3, -0.25) is 0 Å². The van der Waals surface area contributed by atoms with Crippen LogP contribution >= 0.6 is 0 Å². The van der Waals surface area contributed by atoms with E-state index in [4.69, 9.17) is 10.8 Å². The average molecular weight is 98.2 g/mol. The van der Waals surface area contributed by atoms with Crippen molar-refractivity contribution >= 4 is 9.76 Å². The maximum Gasteiger partial charge on any atom is 0.332 e. The first-order valence-electron chi connectivity index (χ1n) is 1.74. The van der Waals surface area contributed by atoms with Crippen molar-refractivity contribution in [2.24, 2.45) is 0 Å². The molecule has 0 bridgehead atoms. The maximum absolute atomic E-state index is 4.85. The van der Waals surface area contributed by atoms with E-state index in [0.717, 1.165) is 6.61 Å². The van der Waals surface area contributed by atoms with Crippen molar-refractivity contribution in [2.75, 3.05) is 6.61 Å². The first-order chi connectivity index (χ1) is 2.91. The van der Waals surface area contributed by atoms with Crippen molar-refractivity contribution in [3.63, 3.8) is 0 Å². The van der Waals surface area contributed by atoms with Crippen LogP contribution in [0.2, 0.25) is 0 Å². The van der Waals surface area contributed by atoms with Crippen molar-refractivity contribution < 1.29 is 4.43 Å². The minimum Gasteiger partial charge on any atom is -0.405 e. The summed E-state index contributed by atoms with van der Waals surface area (Å²) < 4.78 is 4.77. The van der Waals surface area contributed by atoms with Crippen LogP contribution in [-0.2, 0) is 4.43 Å². The molecule has 0 aromatic carbocycles. The summed E-state index contributed by atoms with van der Waals surface area (Å²) in [5, 5.41) is 0. The van der Waals surface area contributed by atoms with Gasteiger partial charge in [-0.15, -0.1) is 12.0 Å². The van der Waals surface area contributed by atoms with Crippen LogP contribution in [0.5, 0.6) is 0 Å². The molecule has 0 amide bonds. The summed E-state index contributed by atoms with van der Waals surface area (Å²) in [4.78, 5) is 0. The SMILES string of the molecule is C#C[Si]OCC. The fourth-order valence-corrected chi connectivity index (χ4v) is 0.342. The fourth-order valence-electron chi connectivity index (χ4n) is 0.114. The summed E-state index contributed by atoms with van der Waals surface area (Å²) in [5.74, 6) is 0. The van der Waals surface area contributed by atoms with Gasteiger partial charge in [-0.25, -0.2) is 0 Å². The van der Waals surface area contributed by atoms with Gasteiger partial charge in [-0.1, -0.05) is 0 Å². The topological polar surface area (TPSA) is 9.23 Å². The highest BCUT2D eigenvalue weighted by Crippen LogP contribution is 1.61. The molecule has 0 atom stereocenters. The lowest BCUT2D eigenvalue weighted by molar-refractivity contribution is 0.368. The third-order valence-corrected chi connectivity index (χ3v) is 0.826. The molecule has 0 heterocycles. The lowest BCUT2D eigenvalue weighted by Crippen LogP contribution is -1.92. The summed E-state index contributed by atoms with van der Waals surface area (Å²) in [6.45, 7) is 2.65. The smallest absolute Gasteiger partial charge is 0.332 e. The molecular formula is C4H6OSi. The van der Waals surface area contributed by atoms with Crippen molar-refractivity contribution in [3.8, 4) is 12.0 Å². The van der Waals surface area contributed by atoms with E-state index in [1.165, 1.54) is 0 Å². The summed E-state index contributed by atoms with van der Waals surface area (Å²) in [6.07, 6.45) is 4.85. The molecule has 0 fully saturated rings. The van der Waals surface area contributed by atoms with Crippen molar-refractivity contribution in [3.05, 3.63) is 0 Å². The Morgan fingerprint density at radius 3 is 2.83 bits per heavy atom. The summed E-state index contributed by atoms with van der Waals surface area (Å²) in [6, 6.07) is 0. The third-order valence-electron chi connectivity index (χ3n) is 0.275. The van der Waals surface area contributed by atoms with Gasteiger partial charge >= 0.3 is 9.76 Å². The molecule has 0 aromatic heterocycles. The molecule has 2 radical (unpaired) electrons. The first kappa shape index (κ1) is 5.74. The van der Waals surface area contributed by atoms with E-state index in [2.05, 4.69) is 5.54 Å². The zero-order valence-electron chi connectivity index (χ0n) is 3.69. The van der Waals surface area contributed by atoms with Crippen LogP contribution in [0.1, 0.15) is 6.92 Å². The van der Waals surface area contributed by atoms with Gasteiger partial charge < -0.3 is 4.43 Å². The highest BCUT2D eigenvalue weighted by molar-refractivity contribution is 6.38. The van der Waals surface area contributed by atoms with Crippen LogP contribution in [0.25, 0.3) is 0 Å². The minimum atomic E-state index is 0.243. The standard InChI is InChI=1S/C4H6OSi/c1-3-5-6-4-2/h2H,3H2,1H3. The third kappa shape index (κ3) is 3.74. The number of hydrogen-bond donors (Lipinski definition) is 0. The molecule has 1 nitrogen and oxygen atoms in total. The van der Waals surface area contributed by atoms with Crippen molar-refractivity contribution in [2.45, 2.75) is 6.92 Å². The monoisotopic (exact) mass is 98.0 g/mol. The normalized spacial score (nSPS) is 7.33. The minimum absolute atomic E-state index is 0.243. The van der Waals surface area contributed by atoms with E-state index in [-0.39, 0.29) is 9.76 Å². The Balaban J connectivity index is 2.54. The zero-order chi connectivity index (χ0) is 4.83. The molecule has 0 N–H and O–H groups in total. The predicted molar refractivity (Wildman–Crippen MR) is 26.2 cm³/mol. The van der Waals surface area contributed by atoms with E-state index >= 15 is 0 Å². The quantitative estimate of drug-likeness (QED) is 0.273. The molecule has 32 valence electrons. The second-order valence-electron chi connectivity index (χ2n) is 0.679. The van der Waals surface area contributed by atoms with Gasteiger partial charge in [-0.05, 0) is 6.92 Å². The van der Waals surface area contributed by atoms with Crippen molar-refractivity contribution in [1.29, 1.82) is 0 Å². The molecule has 0 aliphatic rings. The van der Waals surface area contributed by atoms with Crippen LogP contribution in [0, 0.1) is 12.0 Å². The summed E-state index contributed by atoms with van der Waals surface area (Å²) in [7, 11) is 0.243. The lowest BCUT2D eigenvalue weighted by Gasteiger charge is -1.83. The number of terminal acetylenes is 1. The van der Waals surface area contributed by atoms with E-state index in [1.807, 2.05) is 6.92 Å². The molecule has 0 rings (SSSR count). The Labute approximate surface area is 40.6 Å². The first-order valence-corrected chi connectivity index (χ1v) is 2.65. The molecule has 0 aromatic rings. The number of rotatable bonds is 2. The van der Waals surface area contributed by atoms with E-state index in [0.29, 0.717) is 0 Å². The van der Waals surface area contributed by atoms with Crippen molar-refractivity contribution in [1.82, 2.24) is 0 Å². The van der Waals surface area contributed by atoms with Crippen LogP contribution in [-0.4, -0.2) is 16.4 Å². The van der Waals surface area contributed by atoms with Gasteiger partial charge in [0.1, 0.15) is 0 Å². The summed E-state index contributed by atoms with van der Waals surface area (Å²) >= 11 is 0. The fraction of sp³-hybridized carbons (Fsp3) is 0.500. The van der Waals surface area contributed by atoms with Gasteiger partial charge in [0.15, 0.2) is 0 Å². The Kier molecular flexibility index (Phi) is 4.53. The van der Waals surface area contributed by atoms with E-state index in [1.54, 1.807) is 0 Å². The maximum atomic E-state index is 4.85. The molecule has 0 saturated heterocycles. The van der Waals surface area contributed by atoms with E-state index in [9.17, 15) is 0 Å². The second-order valence-corrected chi connectivity index (χ2v) is 1.46. The second kappa shape index (κ2) is 4.74. The molecule has 6 heavy (non-hydrogen) atoms. The van der Waals surface area contributed by atoms with Gasteiger partial charge in [0.2, 0.25) is 0 Å². The van der Waals surface area contributed by atoms with Gasteiger partial charge in [0, 0.05) is 6.61 Å². The average Bonchev–Trinajstić information content (AvgIpc) is 1.61. The Hall–Kier alpha value is -0.263. The van der Waals surface area contributed by atoms with E-state index < -0.39 is 0 Å².